The number of hydrogen-bond acceptors (Lipinski definition) is 4. The van der Waals surface area contributed by atoms with Gasteiger partial charge >= 0.3 is 0 Å². The van der Waals surface area contributed by atoms with Crippen molar-refractivity contribution in [1.29, 1.82) is 0 Å². The molecule has 0 aliphatic carbocycles. The maximum Gasteiger partial charge on any atom is 0.250 e. The lowest BCUT2D eigenvalue weighted by atomic mass is 9.96. The Kier molecular flexibility index (Phi) is 5.04. The van der Waals surface area contributed by atoms with Crippen molar-refractivity contribution < 1.29 is 18.8 Å². The SMILES string of the molecule is CC(=O)Nc1ccc(F)c(NCC(=O)N2c3ccccc3NC(=O)C2(C)C)c1. The van der Waals surface area contributed by atoms with Crippen LogP contribution in [0.1, 0.15) is 20.8 Å². The molecule has 8 heteroatoms. The Hall–Kier alpha value is -3.42. The molecule has 0 fully saturated rings. The first-order valence-electron chi connectivity index (χ1n) is 8.74. The Morgan fingerprint density at radius 1 is 1.18 bits per heavy atom. The smallest absolute Gasteiger partial charge is 0.250 e. The van der Waals surface area contributed by atoms with Gasteiger partial charge in [0, 0.05) is 12.6 Å². The minimum atomic E-state index is -1.11. The van der Waals surface area contributed by atoms with Gasteiger partial charge in [0.2, 0.25) is 17.7 Å². The number of rotatable bonds is 4. The molecule has 0 spiro atoms. The van der Waals surface area contributed by atoms with Crippen LogP contribution in [-0.2, 0) is 14.4 Å². The molecule has 0 saturated heterocycles. The molecule has 146 valence electrons. The molecule has 3 amide bonds. The highest BCUT2D eigenvalue weighted by Crippen LogP contribution is 2.36. The minimum absolute atomic E-state index is 0.0761. The number of carbonyl (C=O) groups excluding carboxylic acids is 3. The highest BCUT2D eigenvalue weighted by atomic mass is 19.1. The average molecular weight is 384 g/mol. The van der Waals surface area contributed by atoms with E-state index >= 15 is 0 Å². The zero-order valence-corrected chi connectivity index (χ0v) is 15.8. The predicted molar refractivity (Wildman–Crippen MR) is 106 cm³/mol. The quantitative estimate of drug-likeness (QED) is 0.756. The molecule has 0 unspecified atom stereocenters. The summed E-state index contributed by atoms with van der Waals surface area (Å²) in [6, 6.07) is 11.0. The van der Waals surface area contributed by atoms with E-state index in [4.69, 9.17) is 0 Å². The maximum atomic E-state index is 14.1. The molecule has 1 heterocycles. The predicted octanol–water partition coefficient (Wildman–Crippen LogP) is 2.96. The third kappa shape index (κ3) is 3.66. The Bertz CT molecular complexity index is 958. The lowest BCUT2D eigenvalue weighted by Crippen LogP contribution is -2.59. The van der Waals surface area contributed by atoms with E-state index in [0.29, 0.717) is 17.1 Å². The van der Waals surface area contributed by atoms with Gasteiger partial charge in [-0.1, -0.05) is 12.1 Å². The van der Waals surface area contributed by atoms with Crippen molar-refractivity contribution in [2.45, 2.75) is 26.3 Å². The molecule has 1 aliphatic rings. The second-order valence-corrected chi connectivity index (χ2v) is 6.99. The van der Waals surface area contributed by atoms with Crippen molar-refractivity contribution in [3.8, 4) is 0 Å². The number of nitrogens with one attached hydrogen (secondary N) is 3. The summed E-state index contributed by atoms with van der Waals surface area (Å²) in [6.07, 6.45) is 0. The van der Waals surface area contributed by atoms with Gasteiger partial charge in [-0.25, -0.2) is 4.39 Å². The van der Waals surface area contributed by atoms with E-state index in [-0.39, 0.29) is 24.0 Å². The van der Waals surface area contributed by atoms with Crippen LogP contribution in [0.4, 0.5) is 27.1 Å². The number of hydrogen-bond donors (Lipinski definition) is 3. The number of halogens is 1. The van der Waals surface area contributed by atoms with Gasteiger partial charge in [-0.3, -0.25) is 19.3 Å². The van der Waals surface area contributed by atoms with E-state index < -0.39 is 17.3 Å². The molecule has 0 radical (unpaired) electrons. The highest BCUT2D eigenvalue weighted by Gasteiger charge is 2.43. The number of benzene rings is 2. The van der Waals surface area contributed by atoms with E-state index in [1.54, 1.807) is 38.1 Å². The molecule has 28 heavy (non-hydrogen) atoms. The Balaban J connectivity index is 1.83. The molecule has 2 aromatic carbocycles. The van der Waals surface area contributed by atoms with Gasteiger partial charge in [-0.05, 0) is 44.2 Å². The van der Waals surface area contributed by atoms with E-state index in [1.807, 2.05) is 0 Å². The summed E-state index contributed by atoms with van der Waals surface area (Å²) >= 11 is 0. The van der Waals surface area contributed by atoms with Gasteiger partial charge < -0.3 is 16.0 Å². The lowest BCUT2D eigenvalue weighted by molar-refractivity contribution is -0.125. The van der Waals surface area contributed by atoms with Crippen LogP contribution in [0.3, 0.4) is 0 Å². The number of anilines is 4. The number of para-hydroxylation sites is 2. The molecule has 2 aromatic rings. The Labute approximate surface area is 161 Å². The van der Waals surface area contributed by atoms with Crippen LogP contribution in [0.2, 0.25) is 0 Å². The zero-order valence-electron chi connectivity index (χ0n) is 15.8. The zero-order chi connectivity index (χ0) is 20.5. The van der Waals surface area contributed by atoms with Crippen molar-refractivity contribution in [2.75, 3.05) is 27.4 Å². The van der Waals surface area contributed by atoms with Crippen LogP contribution < -0.4 is 20.9 Å². The molecule has 0 bridgehead atoms. The summed E-state index contributed by atoms with van der Waals surface area (Å²) in [6.45, 7) is 4.41. The van der Waals surface area contributed by atoms with E-state index in [1.165, 1.54) is 30.0 Å². The molecule has 1 aliphatic heterocycles. The minimum Gasteiger partial charge on any atom is -0.374 e. The van der Waals surface area contributed by atoms with Crippen LogP contribution in [0, 0.1) is 5.82 Å². The number of fused-ring (bicyclic) bond motifs is 1. The highest BCUT2D eigenvalue weighted by molar-refractivity contribution is 6.14. The monoisotopic (exact) mass is 384 g/mol. The lowest BCUT2D eigenvalue weighted by Gasteiger charge is -2.42. The fraction of sp³-hybridized carbons (Fsp3) is 0.250. The van der Waals surface area contributed by atoms with Crippen LogP contribution in [0.15, 0.2) is 42.5 Å². The molecule has 3 N–H and O–H groups in total. The van der Waals surface area contributed by atoms with Gasteiger partial charge in [0.05, 0.1) is 23.6 Å². The average Bonchev–Trinajstić information content (AvgIpc) is 2.62. The third-order valence-corrected chi connectivity index (χ3v) is 4.47. The van der Waals surface area contributed by atoms with E-state index in [2.05, 4.69) is 16.0 Å². The summed E-state index contributed by atoms with van der Waals surface area (Å²) in [7, 11) is 0. The van der Waals surface area contributed by atoms with Crippen LogP contribution in [0.5, 0.6) is 0 Å². The van der Waals surface area contributed by atoms with E-state index in [0.717, 1.165) is 0 Å². The number of amides is 3. The van der Waals surface area contributed by atoms with Crippen molar-refractivity contribution in [1.82, 2.24) is 0 Å². The van der Waals surface area contributed by atoms with Crippen molar-refractivity contribution in [3.05, 3.63) is 48.3 Å². The second-order valence-electron chi connectivity index (χ2n) is 6.99. The molecule has 0 saturated carbocycles. The molecule has 7 nitrogen and oxygen atoms in total. The summed E-state index contributed by atoms with van der Waals surface area (Å²) < 4.78 is 14.1. The molecule has 0 aromatic heterocycles. The van der Waals surface area contributed by atoms with Crippen molar-refractivity contribution in [2.24, 2.45) is 0 Å². The van der Waals surface area contributed by atoms with Gasteiger partial charge in [0.15, 0.2) is 0 Å². The number of nitrogens with zero attached hydrogens (tertiary/aromatic N) is 1. The van der Waals surface area contributed by atoms with Crippen molar-refractivity contribution in [3.63, 3.8) is 0 Å². The topological polar surface area (TPSA) is 90.5 Å². The first-order chi connectivity index (χ1) is 13.2. The van der Waals surface area contributed by atoms with Crippen LogP contribution in [0.25, 0.3) is 0 Å². The summed E-state index contributed by atoms with van der Waals surface area (Å²) in [5, 5.41) is 8.11. The Morgan fingerprint density at radius 2 is 1.89 bits per heavy atom. The first-order valence-corrected chi connectivity index (χ1v) is 8.74. The number of carbonyl (C=O) groups is 3. The van der Waals surface area contributed by atoms with E-state index in [9.17, 15) is 18.8 Å². The fourth-order valence-electron chi connectivity index (χ4n) is 3.09. The molecule has 0 atom stereocenters. The molecule has 3 rings (SSSR count). The summed E-state index contributed by atoms with van der Waals surface area (Å²) in [5.74, 6) is -1.54. The fourth-order valence-corrected chi connectivity index (χ4v) is 3.09. The second kappa shape index (κ2) is 7.30. The third-order valence-electron chi connectivity index (χ3n) is 4.47. The molecular formula is C20H21FN4O3. The van der Waals surface area contributed by atoms with Crippen LogP contribution >= 0.6 is 0 Å². The largest absolute Gasteiger partial charge is 0.374 e. The first kappa shape index (κ1) is 19.3. The normalized spacial score (nSPS) is 14.7. The Morgan fingerprint density at radius 3 is 2.61 bits per heavy atom. The van der Waals surface area contributed by atoms with Crippen LogP contribution in [-0.4, -0.2) is 29.8 Å². The molecular weight excluding hydrogens is 363 g/mol. The van der Waals surface area contributed by atoms with Gasteiger partial charge in [-0.15, -0.1) is 0 Å². The maximum absolute atomic E-state index is 14.1. The standard InChI is InChI=1S/C20H21FN4O3/c1-12(26)23-13-8-9-14(21)16(10-13)22-11-18(27)25-17-7-5-4-6-15(17)24-19(28)20(25,2)3/h4-10,22H,11H2,1-3H3,(H,23,26)(H,24,28). The van der Waals surface area contributed by atoms with Gasteiger partial charge in [-0.2, -0.15) is 0 Å². The van der Waals surface area contributed by atoms with Gasteiger partial charge in [0.1, 0.15) is 11.4 Å². The summed E-state index contributed by atoms with van der Waals surface area (Å²) in [4.78, 5) is 38.0. The van der Waals surface area contributed by atoms with Crippen molar-refractivity contribution >= 4 is 40.5 Å². The summed E-state index contributed by atoms with van der Waals surface area (Å²) in [5.41, 5.74) is 0.494. The van der Waals surface area contributed by atoms with Gasteiger partial charge in [0.25, 0.3) is 0 Å².